The molecule has 11 atom stereocenters. The fraction of sp³-hybridized carbons (Fsp3) is 0.782. The summed E-state index contributed by atoms with van der Waals surface area (Å²) in [7, 11) is 0. The Kier molecular flexibility index (Phi) is 37.7. The normalized spacial score (nSPS) is 25.8. The molecule has 0 radical (unpaired) electrons. The van der Waals surface area contributed by atoms with Crippen molar-refractivity contribution in [1.29, 1.82) is 0 Å². The number of unbranched alkanes of at least 4 members (excludes halogenated alkanes) is 17. The first-order chi connectivity index (χ1) is 34.0. The van der Waals surface area contributed by atoms with Crippen LogP contribution in [-0.2, 0) is 38.0 Å². The predicted molar refractivity (Wildman–Crippen MR) is 270 cm³/mol. The summed E-state index contributed by atoms with van der Waals surface area (Å²) in [6.07, 6.45) is 31.0. The lowest BCUT2D eigenvalue weighted by atomic mass is 9.98. The Morgan fingerprint density at radius 2 is 0.857 bits per heavy atom. The minimum absolute atomic E-state index is 0.126. The summed E-state index contributed by atoms with van der Waals surface area (Å²) in [6, 6.07) is 0. The summed E-state index contributed by atoms with van der Waals surface area (Å²) in [4.78, 5) is 25.8. The third-order valence-corrected chi connectivity index (χ3v) is 12.5. The van der Waals surface area contributed by atoms with Gasteiger partial charge in [0.25, 0.3) is 0 Å². The third kappa shape index (κ3) is 29.0. The standard InChI is InChI=1S/C55H94O15/c1-3-5-7-9-11-13-15-17-19-20-21-22-24-25-27-29-31-33-35-37-46(57)65-40-43(68-47(58)38-36-34-32-30-28-26-23-18-16-14-12-10-8-6-4-2)41-66-54-53(64)51(62)49(60)45(70-54)42-67-55-52(63)50(61)48(59)44(39-56)69-55/h11,13,17,19,21-22,25,27-28,30,43-45,48-56,59-64H,3-10,12,14-16,18,20,23-24,26,29,31-42H2,1-2H3/b13-11+,19-17+,22-21+,27-25+,30-28+/t43-,44+,45+,48-,49-,50?,51?,52?,53?,54+,55+/m0/s1. The number of hydrogen-bond donors (Lipinski definition) is 7. The molecular formula is C55H94O15. The molecule has 15 heteroatoms. The third-order valence-electron chi connectivity index (χ3n) is 12.5. The first-order valence-electron chi connectivity index (χ1n) is 26.9. The zero-order valence-electron chi connectivity index (χ0n) is 42.7. The number of ether oxygens (including phenoxy) is 6. The maximum absolute atomic E-state index is 13.0. The van der Waals surface area contributed by atoms with E-state index in [-0.39, 0.29) is 19.4 Å². The summed E-state index contributed by atoms with van der Waals surface area (Å²) < 4.78 is 33.5. The average molecular weight is 995 g/mol. The second-order valence-electron chi connectivity index (χ2n) is 18.7. The van der Waals surface area contributed by atoms with Gasteiger partial charge in [-0.2, -0.15) is 0 Å². The van der Waals surface area contributed by atoms with E-state index in [0.29, 0.717) is 12.8 Å². The quantitative estimate of drug-likeness (QED) is 0.0175. The molecule has 7 N–H and O–H groups in total. The van der Waals surface area contributed by atoms with E-state index in [0.717, 1.165) is 64.2 Å². The van der Waals surface area contributed by atoms with Crippen LogP contribution < -0.4 is 0 Å². The van der Waals surface area contributed by atoms with Gasteiger partial charge in [0.1, 0.15) is 55.4 Å². The zero-order valence-corrected chi connectivity index (χ0v) is 42.7. The largest absolute Gasteiger partial charge is 0.462 e. The lowest BCUT2D eigenvalue weighted by Crippen LogP contribution is -2.61. The first-order valence-corrected chi connectivity index (χ1v) is 26.9. The zero-order chi connectivity index (χ0) is 51.0. The maximum atomic E-state index is 13.0. The van der Waals surface area contributed by atoms with E-state index in [2.05, 4.69) is 74.6 Å². The Balaban J connectivity index is 1.82. The van der Waals surface area contributed by atoms with Crippen LogP contribution >= 0.6 is 0 Å². The minimum Gasteiger partial charge on any atom is -0.462 e. The maximum Gasteiger partial charge on any atom is 0.306 e. The van der Waals surface area contributed by atoms with Gasteiger partial charge in [0, 0.05) is 12.8 Å². The van der Waals surface area contributed by atoms with Gasteiger partial charge in [-0.15, -0.1) is 0 Å². The Hall–Kier alpha value is -2.80. The van der Waals surface area contributed by atoms with Crippen molar-refractivity contribution in [3.63, 3.8) is 0 Å². The van der Waals surface area contributed by atoms with E-state index in [4.69, 9.17) is 28.4 Å². The molecular weight excluding hydrogens is 901 g/mol. The van der Waals surface area contributed by atoms with Gasteiger partial charge in [-0.05, 0) is 83.5 Å². The molecule has 0 saturated carbocycles. The number of hydrogen-bond acceptors (Lipinski definition) is 15. The van der Waals surface area contributed by atoms with Gasteiger partial charge in [-0.1, -0.05) is 145 Å². The Labute approximate surface area is 420 Å². The lowest BCUT2D eigenvalue weighted by molar-refractivity contribution is -0.332. The molecule has 0 spiro atoms. The molecule has 0 bridgehead atoms. The molecule has 2 aliphatic heterocycles. The minimum atomic E-state index is -1.78. The molecule has 0 amide bonds. The molecule has 404 valence electrons. The summed E-state index contributed by atoms with van der Waals surface area (Å²) in [6.45, 7) is 2.50. The van der Waals surface area contributed by atoms with Crippen LogP contribution in [0.1, 0.15) is 181 Å². The van der Waals surface area contributed by atoms with Crippen LogP contribution in [0.3, 0.4) is 0 Å². The molecule has 15 nitrogen and oxygen atoms in total. The number of carbonyl (C=O) groups excluding carboxylic acids is 2. The van der Waals surface area contributed by atoms with Crippen LogP contribution in [0, 0.1) is 0 Å². The number of allylic oxidation sites excluding steroid dienone is 10. The topological polar surface area (TPSA) is 231 Å². The van der Waals surface area contributed by atoms with Crippen LogP contribution in [-0.4, -0.2) is 142 Å². The number of carbonyl (C=O) groups is 2. The molecule has 0 aliphatic carbocycles. The lowest BCUT2D eigenvalue weighted by Gasteiger charge is -2.42. The van der Waals surface area contributed by atoms with Crippen LogP contribution in [0.25, 0.3) is 0 Å². The van der Waals surface area contributed by atoms with Crippen molar-refractivity contribution in [3.8, 4) is 0 Å². The SMILES string of the molecule is CCCCC/C=C/C/C=C/C/C=C/C/C=C/CCCCCC(=O)OC[C@@H](CO[C@@H]1O[C@H](CO[C@@H]2O[C@H](CO)[C@H](O)C(O)C2O)[C@H](O)C(O)C1O)OC(=O)CCCC/C=C/CCCCCCCCCCC. The van der Waals surface area contributed by atoms with Crippen molar-refractivity contribution in [2.24, 2.45) is 0 Å². The van der Waals surface area contributed by atoms with Crippen molar-refractivity contribution in [2.45, 2.75) is 248 Å². The Bertz CT molecular complexity index is 1450. The van der Waals surface area contributed by atoms with Crippen molar-refractivity contribution < 1.29 is 73.8 Å². The van der Waals surface area contributed by atoms with Crippen molar-refractivity contribution in [2.75, 3.05) is 26.4 Å². The number of rotatable bonds is 41. The highest BCUT2D eigenvalue weighted by molar-refractivity contribution is 5.70. The van der Waals surface area contributed by atoms with Crippen LogP contribution in [0.5, 0.6) is 0 Å². The highest BCUT2D eigenvalue weighted by atomic mass is 16.7. The van der Waals surface area contributed by atoms with Crippen molar-refractivity contribution in [1.82, 2.24) is 0 Å². The number of aliphatic hydroxyl groups is 7. The van der Waals surface area contributed by atoms with E-state index >= 15 is 0 Å². The molecule has 0 aromatic heterocycles. The molecule has 2 aliphatic rings. The monoisotopic (exact) mass is 995 g/mol. The van der Waals surface area contributed by atoms with E-state index in [9.17, 15) is 45.3 Å². The van der Waals surface area contributed by atoms with E-state index in [1.54, 1.807) is 0 Å². The highest BCUT2D eigenvalue weighted by Gasteiger charge is 2.47. The highest BCUT2D eigenvalue weighted by Crippen LogP contribution is 2.26. The van der Waals surface area contributed by atoms with Gasteiger partial charge in [0.05, 0.1) is 19.8 Å². The van der Waals surface area contributed by atoms with Crippen molar-refractivity contribution in [3.05, 3.63) is 60.8 Å². The van der Waals surface area contributed by atoms with Gasteiger partial charge >= 0.3 is 11.9 Å². The second-order valence-corrected chi connectivity index (χ2v) is 18.7. The molecule has 2 heterocycles. The summed E-state index contributed by atoms with van der Waals surface area (Å²) in [5.41, 5.74) is 0. The first kappa shape index (κ1) is 63.3. The summed E-state index contributed by atoms with van der Waals surface area (Å²) in [5.74, 6) is -0.989. The number of esters is 2. The second kappa shape index (κ2) is 41.6. The van der Waals surface area contributed by atoms with Gasteiger partial charge in [-0.25, -0.2) is 0 Å². The van der Waals surface area contributed by atoms with Crippen LogP contribution in [0.4, 0.5) is 0 Å². The number of aliphatic hydroxyl groups excluding tert-OH is 7. The van der Waals surface area contributed by atoms with Gasteiger partial charge in [0.2, 0.25) is 0 Å². The molecule has 70 heavy (non-hydrogen) atoms. The van der Waals surface area contributed by atoms with E-state index < -0.39 is 99.3 Å². The Morgan fingerprint density at radius 3 is 1.41 bits per heavy atom. The van der Waals surface area contributed by atoms with Gasteiger partial charge in [-0.3, -0.25) is 9.59 Å². The average Bonchev–Trinajstić information content (AvgIpc) is 3.35. The Morgan fingerprint density at radius 1 is 0.457 bits per heavy atom. The van der Waals surface area contributed by atoms with Gasteiger partial charge in [0.15, 0.2) is 18.7 Å². The molecule has 2 saturated heterocycles. The molecule has 0 aromatic rings. The van der Waals surface area contributed by atoms with Crippen LogP contribution in [0.2, 0.25) is 0 Å². The molecule has 4 unspecified atom stereocenters. The predicted octanol–water partition coefficient (Wildman–Crippen LogP) is 8.05. The van der Waals surface area contributed by atoms with Crippen LogP contribution in [0.15, 0.2) is 60.8 Å². The van der Waals surface area contributed by atoms with Crippen molar-refractivity contribution >= 4 is 11.9 Å². The fourth-order valence-electron chi connectivity index (χ4n) is 8.02. The van der Waals surface area contributed by atoms with Gasteiger partial charge < -0.3 is 64.2 Å². The molecule has 2 rings (SSSR count). The fourth-order valence-corrected chi connectivity index (χ4v) is 8.02. The van der Waals surface area contributed by atoms with E-state index in [1.165, 1.54) is 77.0 Å². The molecule has 2 fully saturated rings. The summed E-state index contributed by atoms with van der Waals surface area (Å²) in [5, 5.41) is 72.1. The van der Waals surface area contributed by atoms with E-state index in [1.807, 2.05) is 0 Å². The smallest absolute Gasteiger partial charge is 0.306 e. The summed E-state index contributed by atoms with van der Waals surface area (Å²) >= 11 is 0. The molecule has 0 aromatic carbocycles.